The van der Waals surface area contributed by atoms with Crippen molar-refractivity contribution in [2.24, 2.45) is 0 Å². The smallest absolute Gasteiger partial charge is 0.271 e. The summed E-state index contributed by atoms with van der Waals surface area (Å²) in [7, 11) is 0. The van der Waals surface area contributed by atoms with Gasteiger partial charge in [0.2, 0.25) is 0 Å². The van der Waals surface area contributed by atoms with Gasteiger partial charge in [-0.15, -0.1) is 11.3 Å². The molecule has 0 radical (unpaired) electrons. The van der Waals surface area contributed by atoms with E-state index in [2.05, 4.69) is 4.98 Å². The fourth-order valence-electron chi connectivity index (χ4n) is 3.24. The molecule has 148 valence electrons. The highest BCUT2D eigenvalue weighted by Crippen LogP contribution is 2.33. The molecular weight excluding hydrogens is 413 g/mol. The molecule has 0 fully saturated rings. The van der Waals surface area contributed by atoms with Crippen molar-refractivity contribution in [1.29, 1.82) is 0 Å². The normalized spacial score (nSPS) is 15.3. The van der Waals surface area contributed by atoms with Gasteiger partial charge in [-0.2, -0.15) is 0 Å². The van der Waals surface area contributed by atoms with Gasteiger partial charge in [-0.1, -0.05) is 35.9 Å². The molecule has 5 nitrogen and oxygen atoms in total. The van der Waals surface area contributed by atoms with E-state index in [-0.39, 0.29) is 18.3 Å². The van der Waals surface area contributed by atoms with Crippen LogP contribution in [0.5, 0.6) is 0 Å². The number of nitrogens with zero attached hydrogens (tertiary/aromatic N) is 3. The average Bonchev–Trinajstić information content (AvgIpc) is 3.13. The summed E-state index contributed by atoms with van der Waals surface area (Å²) in [6.45, 7) is 1.68. The van der Waals surface area contributed by atoms with Crippen LogP contribution in [0.3, 0.4) is 0 Å². The molecule has 1 atom stereocenters. The lowest BCUT2D eigenvalue weighted by Crippen LogP contribution is -2.47. The number of halogens is 2. The minimum absolute atomic E-state index is 0.0735. The van der Waals surface area contributed by atoms with Crippen molar-refractivity contribution in [3.05, 3.63) is 81.0 Å². The number of aliphatic hydroxyl groups excluding tert-OH is 1. The number of hydrogen-bond acceptors (Lipinski definition) is 5. The van der Waals surface area contributed by atoms with Crippen LogP contribution in [0.2, 0.25) is 5.02 Å². The number of aryl methyl sites for hydroxylation is 1. The fourth-order valence-corrected chi connectivity index (χ4v) is 4.17. The SMILES string of the molecule is Cc1ncsc1C(=O)N(CN1c2c(F)cccc2C=CC1O)c1cccc(Cl)c1. The first-order valence-corrected chi connectivity index (χ1v) is 10.1. The Labute approximate surface area is 176 Å². The van der Waals surface area contributed by atoms with E-state index in [1.54, 1.807) is 61.0 Å². The monoisotopic (exact) mass is 429 g/mol. The minimum Gasteiger partial charge on any atom is -0.370 e. The van der Waals surface area contributed by atoms with E-state index in [0.29, 0.717) is 26.8 Å². The van der Waals surface area contributed by atoms with Crippen molar-refractivity contribution in [3.63, 3.8) is 0 Å². The zero-order valence-corrected chi connectivity index (χ0v) is 17.0. The maximum Gasteiger partial charge on any atom is 0.271 e. The average molecular weight is 430 g/mol. The molecule has 1 unspecified atom stereocenters. The van der Waals surface area contributed by atoms with Crippen LogP contribution in [0.1, 0.15) is 20.9 Å². The third kappa shape index (κ3) is 3.76. The molecule has 2 heterocycles. The molecule has 29 heavy (non-hydrogen) atoms. The molecule has 3 aromatic rings. The van der Waals surface area contributed by atoms with Gasteiger partial charge in [-0.25, -0.2) is 9.37 Å². The van der Waals surface area contributed by atoms with E-state index in [1.807, 2.05) is 0 Å². The number of para-hydroxylation sites is 1. The predicted molar refractivity (Wildman–Crippen MR) is 114 cm³/mol. The van der Waals surface area contributed by atoms with Crippen molar-refractivity contribution in [1.82, 2.24) is 4.98 Å². The van der Waals surface area contributed by atoms with Gasteiger partial charge in [0, 0.05) is 16.3 Å². The molecule has 1 N–H and O–H groups in total. The lowest BCUT2D eigenvalue weighted by Gasteiger charge is -2.37. The molecule has 0 bridgehead atoms. The summed E-state index contributed by atoms with van der Waals surface area (Å²) in [5.41, 5.74) is 3.62. The van der Waals surface area contributed by atoms with Gasteiger partial charge in [0.25, 0.3) is 5.91 Å². The number of thiazole rings is 1. The number of aromatic nitrogens is 1. The first-order chi connectivity index (χ1) is 14.0. The Morgan fingerprint density at radius 3 is 2.86 bits per heavy atom. The maximum absolute atomic E-state index is 14.6. The fraction of sp³-hybridized carbons (Fsp3) is 0.143. The molecular formula is C21H17ClFN3O2S. The molecule has 1 aliphatic rings. The topological polar surface area (TPSA) is 56.7 Å². The van der Waals surface area contributed by atoms with Gasteiger partial charge in [0.15, 0.2) is 0 Å². The number of carbonyl (C=O) groups excluding carboxylic acids is 1. The molecule has 4 rings (SSSR count). The summed E-state index contributed by atoms with van der Waals surface area (Å²) in [5.74, 6) is -0.773. The second-order valence-electron chi connectivity index (χ2n) is 6.54. The van der Waals surface area contributed by atoms with Crippen molar-refractivity contribution in [3.8, 4) is 0 Å². The van der Waals surface area contributed by atoms with Crippen molar-refractivity contribution >= 4 is 46.3 Å². The summed E-state index contributed by atoms with van der Waals surface area (Å²) in [4.78, 5) is 20.9. The minimum atomic E-state index is -1.09. The number of carbonyl (C=O) groups is 1. The van der Waals surface area contributed by atoms with Gasteiger partial charge in [0.1, 0.15) is 23.6 Å². The quantitative estimate of drug-likeness (QED) is 0.653. The Kier molecular flexibility index (Phi) is 5.36. The molecule has 8 heteroatoms. The molecule has 0 saturated carbocycles. The highest BCUT2D eigenvalue weighted by atomic mass is 35.5. The van der Waals surface area contributed by atoms with E-state index in [0.717, 1.165) is 0 Å². The third-order valence-corrected chi connectivity index (χ3v) is 5.82. The van der Waals surface area contributed by atoms with E-state index in [1.165, 1.54) is 27.2 Å². The number of amides is 1. The Balaban J connectivity index is 1.78. The molecule has 0 saturated heterocycles. The Bertz CT molecular complexity index is 1100. The van der Waals surface area contributed by atoms with Crippen molar-refractivity contribution < 1.29 is 14.3 Å². The van der Waals surface area contributed by atoms with Crippen LogP contribution in [0.25, 0.3) is 6.08 Å². The second kappa shape index (κ2) is 7.94. The van der Waals surface area contributed by atoms with Gasteiger partial charge in [-0.3, -0.25) is 9.69 Å². The van der Waals surface area contributed by atoms with Gasteiger partial charge in [-0.05, 0) is 37.3 Å². The highest BCUT2D eigenvalue weighted by Gasteiger charge is 2.29. The largest absolute Gasteiger partial charge is 0.370 e. The van der Waals surface area contributed by atoms with Crippen LogP contribution < -0.4 is 9.80 Å². The first-order valence-electron chi connectivity index (χ1n) is 8.84. The molecule has 2 aromatic carbocycles. The van der Waals surface area contributed by atoms with Gasteiger partial charge >= 0.3 is 0 Å². The van der Waals surface area contributed by atoms with Crippen molar-refractivity contribution in [2.45, 2.75) is 13.2 Å². The summed E-state index contributed by atoms with van der Waals surface area (Å²) < 4.78 is 14.6. The van der Waals surface area contributed by atoms with Crippen molar-refractivity contribution in [2.75, 3.05) is 16.5 Å². The lowest BCUT2D eigenvalue weighted by molar-refractivity contribution is 0.0986. The Morgan fingerprint density at radius 2 is 2.14 bits per heavy atom. The van der Waals surface area contributed by atoms with Crippen LogP contribution in [0.4, 0.5) is 15.8 Å². The molecule has 0 spiro atoms. The number of anilines is 2. The Hall–Kier alpha value is -2.74. The molecule has 1 amide bonds. The zero-order chi connectivity index (χ0) is 20.5. The summed E-state index contributed by atoms with van der Waals surface area (Å²) in [5, 5.41) is 11.0. The third-order valence-electron chi connectivity index (χ3n) is 4.67. The van der Waals surface area contributed by atoms with Gasteiger partial charge in [0.05, 0.1) is 16.9 Å². The van der Waals surface area contributed by atoms with Crippen LogP contribution in [0.15, 0.2) is 54.1 Å². The molecule has 1 aliphatic heterocycles. The van der Waals surface area contributed by atoms with Crippen LogP contribution in [-0.2, 0) is 0 Å². The highest BCUT2D eigenvalue weighted by molar-refractivity contribution is 7.12. The van der Waals surface area contributed by atoms with Crippen LogP contribution >= 0.6 is 22.9 Å². The number of fused-ring (bicyclic) bond motifs is 1. The van der Waals surface area contributed by atoms with E-state index in [4.69, 9.17) is 11.6 Å². The van der Waals surface area contributed by atoms with E-state index >= 15 is 0 Å². The summed E-state index contributed by atoms with van der Waals surface area (Å²) >= 11 is 7.38. The summed E-state index contributed by atoms with van der Waals surface area (Å²) in [6, 6.07) is 11.5. The lowest BCUT2D eigenvalue weighted by atomic mass is 10.1. The summed E-state index contributed by atoms with van der Waals surface area (Å²) in [6.07, 6.45) is 2.13. The number of aliphatic hydroxyl groups is 1. The van der Waals surface area contributed by atoms with Crippen LogP contribution in [-0.4, -0.2) is 28.9 Å². The second-order valence-corrected chi connectivity index (χ2v) is 7.83. The molecule has 1 aromatic heterocycles. The van der Waals surface area contributed by atoms with Crippen LogP contribution in [0, 0.1) is 12.7 Å². The maximum atomic E-state index is 14.6. The molecule has 0 aliphatic carbocycles. The van der Waals surface area contributed by atoms with E-state index in [9.17, 15) is 14.3 Å². The predicted octanol–water partition coefficient (Wildman–Crippen LogP) is 4.70. The first kappa shape index (κ1) is 19.6. The number of rotatable bonds is 4. The zero-order valence-electron chi connectivity index (χ0n) is 15.4. The number of hydrogen-bond donors (Lipinski definition) is 1. The standard InChI is InChI=1S/C21H17ClFN3O2S/c1-13-20(29-11-24-13)21(28)25(16-6-3-5-15(22)10-16)12-26-18(27)9-8-14-4-2-7-17(23)19(14)26/h2-11,18,27H,12H2,1H3. The van der Waals surface area contributed by atoms with E-state index < -0.39 is 12.0 Å². The number of benzene rings is 2. The van der Waals surface area contributed by atoms with Gasteiger partial charge < -0.3 is 10.0 Å². The Morgan fingerprint density at radius 1 is 1.34 bits per heavy atom.